The van der Waals surface area contributed by atoms with Crippen LogP contribution in [0, 0.1) is 0 Å². The topological polar surface area (TPSA) is 72.5 Å². The van der Waals surface area contributed by atoms with E-state index in [0.29, 0.717) is 18.0 Å². The van der Waals surface area contributed by atoms with Gasteiger partial charge in [0.2, 0.25) is 0 Å². The molecule has 7 heteroatoms. The van der Waals surface area contributed by atoms with E-state index in [2.05, 4.69) is 15.6 Å². The number of nitrogens with zero attached hydrogens (tertiary/aromatic N) is 1. The molecule has 0 atom stereocenters. The molecule has 0 spiro atoms. The zero-order chi connectivity index (χ0) is 16.9. The van der Waals surface area contributed by atoms with Crippen LogP contribution in [0.5, 0.6) is 5.75 Å². The highest BCUT2D eigenvalue weighted by Crippen LogP contribution is 2.28. The fraction of sp³-hybridized carbons (Fsp3) is 0.375. The van der Waals surface area contributed by atoms with Crippen molar-refractivity contribution in [2.45, 2.75) is 32.9 Å². The number of benzene rings is 1. The van der Waals surface area contributed by atoms with Crippen LogP contribution in [0.25, 0.3) is 0 Å². The van der Waals surface area contributed by atoms with Crippen molar-refractivity contribution in [3.05, 3.63) is 34.8 Å². The van der Waals surface area contributed by atoms with Crippen LogP contribution < -0.4 is 15.4 Å². The first-order valence-corrected chi connectivity index (χ1v) is 8.04. The van der Waals surface area contributed by atoms with E-state index in [1.54, 1.807) is 30.0 Å². The number of amides is 1. The van der Waals surface area contributed by atoms with E-state index in [9.17, 15) is 4.79 Å². The van der Waals surface area contributed by atoms with Gasteiger partial charge >= 0.3 is 6.09 Å². The Bertz CT molecular complexity index is 651. The van der Waals surface area contributed by atoms with Gasteiger partial charge in [-0.1, -0.05) is 0 Å². The molecule has 0 saturated heterocycles. The summed E-state index contributed by atoms with van der Waals surface area (Å²) in [6.45, 7) is 6.13. The zero-order valence-corrected chi connectivity index (χ0v) is 14.5. The Morgan fingerprint density at radius 3 is 2.74 bits per heavy atom. The molecule has 2 rings (SSSR count). The summed E-state index contributed by atoms with van der Waals surface area (Å²) in [5, 5.41) is 5.98. The predicted molar refractivity (Wildman–Crippen MR) is 92.3 cm³/mol. The van der Waals surface area contributed by atoms with Crippen molar-refractivity contribution in [3.63, 3.8) is 0 Å². The number of carbonyl (C=O) groups excluding carboxylic acids is 1. The summed E-state index contributed by atoms with van der Waals surface area (Å²) in [4.78, 5) is 17.0. The number of methoxy groups -OCH3 is 1. The molecule has 0 aliphatic rings. The van der Waals surface area contributed by atoms with Crippen LogP contribution in [0.1, 0.15) is 25.6 Å². The van der Waals surface area contributed by atoms with Crippen molar-refractivity contribution < 1.29 is 14.3 Å². The van der Waals surface area contributed by atoms with Crippen LogP contribution in [0.3, 0.4) is 0 Å². The molecule has 2 N–H and O–H groups in total. The van der Waals surface area contributed by atoms with Crippen LogP contribution in [-0.4, -0.2) is 23.8 Å². The van der Waals surface area contributed by atoms with Crippen molar-refractivity contribution in [3.8, 4) is 5.75 Å². The maximum atomic E-state index is 11.9. The Morgan fingerprint density at radius 1 is 1.35 bits per heavy atom. The molecule has 0 bridgehead atoms. The van der Waals surface area contributed by atoms with Crippen molar-refractivity contribution in [1.82, 2.24) is 4.98 Å². The summed E-state index contributed by atoms with van der Waals surface area (Å²) in [6.07, 6.45) is 1.31. The van der Waals surface area contributed by atoms with Crippen molar-refractivity contribution >= 4 is 28.8 Å². The minimum absolute atomic E-state index is 0.513. The lowest BCUT2D eigenvalue weighted by molar-refractivity contribution is 0.0635. The molecule has 0 aliphatic heterocycles. The Morgan fingerprint density at radius 2 is 2.13 bits per heavy atom. The average molecular weight is 335 g/mol. The molecule has 1 aromatic heterocycles. The van der Waals surface area contributed by atoms with Gasteiger partial charge in [0, 0.05) is 22.8 Å². The largest absolute Gasteiger partial charge is 0.494 e. The molecule has 6 nitrogen and oxygen atoms in total. The van der Waals surface area contributed by atoms with E-state index in [-0.39, 0.29) is 0 Å². The molecule has 0 fully saturated rings. The molecular weight excluding hydrogens is 314 g/mol. The Hall–Kier alpha value is -2.28. The standard InChI is InChI=1S/C16H21N3O3S/c1-16(2,3)22-15(20)19-13-6-5-11(7-14(13)21-4)18-9-12-8-17-10-23-12/h5-8,10,18H,9H2,1-4H3,(H,19,20). The van der Waals surface area contributed by atoms with Gasteiger partial charge in [-0.25, -0.2) is 4.79 Å². The molecule has 1 aromatic carbocycles. The summed E-state index contributed by atoms with van der Waals surface area (Å²) < 4.78 is 10.6. The minimum Gasteiger partial charge on any atom is -0.494 e. The monoisotopic (exact) mass is 335 g/mol. The second kappa shape index (κ2) is 7.32. The number of ether oxygens (including phenoxy) is 2. The highest BCUT2D eigenvalue weighted by molar-refractivity contribution is 7.09. The molecule has 0 unspecified atom stereocenters. The number of nitrogens with one attached hydrogen (secondary N) is 2. The Balaban J connectivity index is 2.02. The van der Waals surface area contributed by atoms with Gasteiger partial charge in [0.05, 0.1) is 24.9 Å². The summed E-state index contributed by atoms with van der Waals surface area (Å²) in [6, 6.07) is 5.47. The lowest BCUT2D eigenvalue weighted by Gasteiger charge is -2.20. The molecule has 0 saturated carbocycles. The van der Waals surface area contributed by atoms with Gasteiger partial charge in [-0.05, 0) is 32.9 Å². The first-order valence-electron chi connectivity index (χ1n) is 7.16. The normalized spacial score (nSPS) is 11.0. The fourth-order valence-corrected chi connectivity index (χ4v) is 2.37. The van der Waals surface area contributed by atoms with Gasteiger partial charge in [0.1, 0.15) is 11.4 Å². The zero-order valence-electron chi connectivity index (χ0n) is 13.7. The Labute approximate surface area is 139 Å². The highest BCUT2D eigenvalue weighted by Gasteiger charge is 2.17. The molecule has 1 heterocycles. The van der Waals surface area contributed by atoms with Gasteiger partial charge in [-0.15, -0.1) is 11.3 Å². The van der Waals surface area contributed by atoms with Crippen molar-refractivity contribution in [2.24, 2.45) is 0 Å². The van der Waals surface area contributed by atoms with Gasteiger partial charge in [-0.2, -0.15) is 0 Å². The van der Waals surface area contributed by atoms with E-state index >= 15 is 0 Å². The second-order valence-corrected chi connectivity index (χ2v) is 6.83. The number of rotatable bonds is 5. The molecule has 2 aromatic rings. The van der Waals surface area contributed by atoms with Crippen molar-refractivity contribution in [2.75, 3.05) is 17.7 Å². The van der Waals surface area contributed by atoms with E-state index in [1.807, 2.05) is 39.1 Å². The van der Waals surface area contributed by atoms with E-state index < -0.39 is 11.7 Å². The molecule has 23 heavy (non-hydrogen) atoms. The lowest BCUT2D eigenvalue weighted by atomic mass is 10.2. The van der Waals surface area contributed by atoms with Gasteiger partial charge in [0.15, 0.2) is 0 Å². The molecule has 124 valence electrons. The molecule has 0 aliphatic carbocycles. The molecular formula is C16H21N3O3S. The molecule has 0 radical (unpaired) electrons. The summed E-state index contributed by atoms with van der Waals surface area (Å²) in [7, 11) is 1.56. The van der Waals surface area contributed by atoms with Gasteiger partial charge in [0.25, 0.3) is 0 Å². The Kier molecular flexibility index (Phi) is 5.44. The second-order valence-electron chi connectivity index (χ2n) is 5.86. The lowest BCUT2D eigenvalue weighted by Crippen LogP contribution is -2.27. The summed E-state index contributed by atoms with van der Waals surface area (Å²) in [5.74, 6) is 0.560. The van der Waals surface area contributed by atoms with Crippen LogP contribution in [0.2, 0.25) is 0 Å². The predicted octanol–water partition coefficient (Wildman–Crippen LogP) is 4.11. The van der Waals surface area contributed by atoms with E-state index in [4.69, 9.17) is 9.47 Å². The number of hydrogen-bond donors (Lipinski definition) is 2. The van der Waals surface area contributed by atoms with E-state index in [1.165, 1.54) is 0 Å². The van der Waals surface area contributed by atoms with Crippen LogP contribution in [0.15, 0.2) is 29.9 Å². The van der Waals surface area contributed by atoms with Crippen LogP contribution in [0.4, 0.5) is 16.2 Å². The summed E-state index contributed by atoms with van der Waals surface area (Å²) in [5.41, 5.74) is 2.70. The van der Waals surface area contributed by atoms with Crippen LogP contribution >= 0.6 is 11.3 Å². The fourth-order valence-electron chi connectivity index (χ4n) is 1.84. The number of thiazole rings is 1. The summed E-state index contributed by atoms with van der Waals surface area (Å²) >= 11 is 1.59. The van der Waals surface area contributed by atoms with Crippen LogP contribution in [-0.2, 0) is 11.3 Å². The third-order valence-electron chi connectivity index (χ3n) is 2.79. The number of anilines is 2. The SMILES string of the molecule is COc1cc(NCc2cncs2)ccc1NC(=O)OC(C)(C)C. The third-order valence-corrected chi connectivity index (χ3v) is 3.57. The average Bonchev–Trinajstić information content (AvgIpc) is 2.97. The maximum absolute atomic E-state index is 11.9. The first-order chi connectivity index (χ1) is 10.9. The molecule has 1 amide bonds. The minimum atomic E-state index is -0.548. The third kappa shape index (κ3) is 5.45. The first kappa shape index (κ1) is 17.1. The number of hydrogen-bond acceptors (Lipinski definition) is 6. The van der Waals surface area contributed by atoms with Gasteiger partial charge < -0.3 is 14.8 Å². The smallest absolute Gasteiger partial charge is 0.412 e. The quantitative estimate of drug-likeness (QED) is 0.860. The highest BCUT2D eigenvalue weighted by atomic mass is 32.1. The van der Waals surface area contributed by atoms with Gasteiger partial charge in [-0.3, -0.25) is 10.3 Å². The number of carbonyl (C=O) groups is 1. The number of aromatic nitrogens is 1. The maximum Gasteiger partial charge on any atom is 0.412 e. The van der Waals surface area contributed by atoms with Crippen molar-refractivity contribution in [1.29, 1.82) is 0 Å². The van der Waals surface area contributed by atoms with E-state index in [0.717, 1.165) is 10.6 Å².